The van der Waals surface area contributed by atoms with Gasteiger partial charge in [0.05, 0.1) is 11.3 Å². The van der Waals surface area contributed by atoms with Crippen LogP contribution >= 0.6 is 15.9 Å². The molecule has 5 rings (SSSR count). The Hall–Kier alpha value is -3.52. The first-order chi connectivity index (χ1) is 15.8. The second-order valence-corrected chi connectivity index (χ2v) is 8.92. The summed E-state index contributed by atoms with van der Waals surface area (Å²) in [5, 5.41) is 0. The number of aliphatic imine (C=N–C) groups is 1. The maximum atomic E-state index is 13.4. The highest BCUT2D eigenvalue weighted by molar-refractivity contribution is 9.10. The van der Waals surface area contributed by atoms with Gasteiger partial charge in [-0.25, -0.2) is 9.79 Å². The quantitative estimate of drug-likeness (QED) is 0.507. The van der Waals surface area contributed by atoms with Crippen LogP contribution in [0.2, 0.25) is 0 Å². The molecular formula is C25H20BrN3O4. The fraction of sp³-hybridized carbons (Fsp3) is 0.200. The van der Waals surface area contributed by atoms with E-state index in [0.717, 1.165) is 25.7 Å². The van der Waals surface area contributed by atoms with Crippen molar-refractivity contribution in [1.82, 2.24) is 9.13 Å². The molecule has 0 bridgehead atoms. The van der Waals surface area contributed by atoms with Crippen LogP contribution in [0, 0.1) is 0 Å². The van der Waals surface area contributed by atoms with Crippen molar-refractivity contribution in [3.63, 3.8) is 0 Å². The first-order valence-electron chi connectivity index (χ1n) is 10.5. The van der Waals surface area contributed by atoms with Gasteiger partial charge in [0.2, 0.25) is 0 Å². The molecule has 166 valence electrons. The van der Waals surface area contributed by atoms with Crippen LogP contribution in [-0.4, -0.2) is 20.8 Å². The van der Waals surface area contributed by atoms with E-state index in [-0.39, 0.29) is 12.4 Å². The summed E-state index contributed by atoms with van der Waals surface area (Å²) in [4.78, 5) is 43.3. The molecule has 1 unspecified atom stereocenters. The number of aromatic nitrogens is 2. The monoisotopic (exact) mass is 505 g/mol. The van der Waals surface area contributed by atoms with Gasteiger partial charge in [-0.3, -0.25) is 18.7 Å². The van der Waals surface area contributed by atoms with Gasteiger partial charge in [0.1, 0.15) is 11.6 Å². The molecule has 0 radical (unpaired) electrons. The van der Waals surface area contributed by atoms with Gasteiger partial charge in [0, 0.05) is 47.6 Å². The van der Waals surface area contributed by atoms with E-state index < -0.39 is 17.2 Å². The molecule has 2 aliphatic rings. The second-order valence-electron chi connectivity index (χ2n) is 8.00. The summed E-state index contributed by atoms with van der Waals surface area (Å²) >= 11 is 3.47. The van der Waals surface area contributed by atoms with Crippen LogP contribution in [0.3, 0.4) is 0 Å². The average Bonchev–Trinajstić information content (AvgIpc) is 3.14. The van der Waals surface area contributed by atoms with Crippen molar-refractivity contribution < 1.29 is 9.53 Å². The fourth-order valence-corrected chi connectivity index (χ4v) is 4.72. The molecule has 2 heterocycles. The number of allylic oxidation sites excluding steroid dienone is 1. The van der Waals surface area contributed by atoms with Crippen LogP contribution in [0.25, 0.3) is 5.76 Å². The summed E-state index contributed by atoms with van der Waals surface area (Å²) in [6.45, 7) is 1.73. The van der Waals surface area contributed by atoms with Crippen LogP contribution in [-0.2, 0) is 23.6 Å². The maximum absolute atomic E-state index is 13.4. The molecular weight excluding hydrogens is 486 g/mol. The number of nitrogens with zero attached hydrogens (tertiary/aromatic N) is 3. The Labute approximate surface area is 197 Å². The molecule has 0 spiro atoms. The predicted molar refractivity (Wildman–Crippen MR) is 129 cm³/mol. The molecule has 2 aromatic carbocycles. The molecule has 0 amide bonds. The van der Waals surface area contributed by atoms with Gasteiger partial charge in [0.15, 0.2) is 0 Å². The van der Waals surface area contributed by atoms with Crippen LogP contribution in [0.1, 0.15) is 41.5 Å². The van der Waals surface area contributed by atoms with E-state index in [1.807, 2.05) is 48.5 Å². The number of rotatable bonds is 3. The Bertz CT molecular complexity index is 1510. The molecule has 1 atom stereocenters. The Morgan fingerprint density at radius 2 is 1.70 bits per heavy atom. The lowest BCUT2D eigenvalue weighted by Crippen LogP contribution is -2.41. The first kappa shape index (κ1) is 21.3. The Morgan fingerprint density at radius 1 is 1.03 bits per heavy atom. The average molecular weight is 506 g/mol. The van der Waals surface area contributed by atoms with E-state index >= 15 is 0 Å². The van der Waals surface area contributed by atoms with Crippen LogP contribution in [0.4, 0.5) is 5.82 Å². The van der Waals surface area contributed by atoms with E-state index in [4.69, 9.17) is 9.73 Å². The smallest absolute Gasteiger partial charge is 0.332 e. The zero-order chi connectivity index (χ0) is 23.4. The minimum Gasteiger partial charge on any atom is -0.425 e. The van der Waals surface area contributed by atoms with Gasteiger partial charge in [0.25, 0.3) is 5.56 Å². The number of hydrogen-bond acceptors (Lipinski definition) is 5. The lowest BCUT2D eigenvalue weighted by atomic mass is 9.81. The fourth-order valence-electron chi connectivity index (χ4n) is 4.46. The lowest BCUT2D eigenvalue weighted by molar-refractivity contribution is -0.136. The second kappa shape index (κ2) is 7.81. The number of benzene rings is 2. The molecule has 0 N–H and O–H groups in total. The molecule has 8 heteroatoms. The molecule has 0 fully saturated rings. The standard InChI is InChI=1S/C25H20BrN3O4/c1-4-17(30)33-22-16-8-6-5-7-15(16)21-19(22)18(13-9-11-14(26)12-10-13)20-23(27-21)28(2)25(32)29(3)24(20)31/h5-12,18H,4H2,1-3H3. The largest absolute Gasteiger partial charge is 0.425 e. The number of halogens is 1. The predicted octanol–water partition coefficient (Wildman–Crippen LogP) is 3.79. The summed E-state index contributed by atoms with van der Waals surface area (Å²) in [7, 11) is 3.06. The summed E-state index contributed by atoms with van der Waals surface area (Å²) < 4.78 is 9.22. The molecule has 0 saturated carbocycles. The van der Waals surface area contributed by atoms with Crippen LogP contribution < -0.4 is 11.2 Å². The SMILES string of the molecule is CCC(=O)OC1=C2C(=Nc3c(c(=O)n(C)c(=O)n3C)C2c2ccc(Br)cc2)c2ccccc21. The van der Waals surface area contributed by atoms with Crippen LogP contribution in [0.5, 0.6) is 0 Å². The van der Waals surface area contributed by atoms with E-state index in [2.05, 4.69) is 15.9 Å². The Morgan fingerprint density at radius 3 is 2.36 bits per heavy atom. The van der Waals surface area contributed by atoms with E-state index in [1.165, 1.54) is 11.6 Å². The summed E-state index contributed by atoms with van der Waals surface area (Å²) in [6, 6.07) is 15.2. The van der Waals surface area contributed by atoms with Crippen molar-refractivity contribution in [2.24, 2.45) is 19.1 Å². The highest BCUT2D eigenvalue weighted by Gasteiger charge is 2.42. The number of esters is 1. The summed E-state index contributed by atoms with van der Waals surface area (Å²) in [5.41, 5.74) is 3.13. The first-order valence-corrected chi connectivity index (χ1v) is 11.3. The van der Waals surface area contributed by atoms with Gasteiger partial charge in [-0.1, -0.05) is 59.3 Å². The summed E-state index contributed by atoms with van der Waals surface area (Å²) in [5.74, 6) is -0.223. The van der Waals surface area contributed by atoms with Gasteiger partial charge >= 0.3 is 11.7 Å². The van der Waals surface area contributed by atoms with Gasteiger partial charge in [-0.2, -0.15) is 0 Å². The molecule has 3 aromatic rings. The molecule has 0 saturated heterocycles. The highest BCUT2D eigenvalue weighted by atomic mass is 79.9. The van der Waals surface area contributed by atoms with Crippen molar-refractivity contribution in [3.05, 3.63) is 102 Å². The minimum absolute atomic E-state index is 0.210. The molecule has 1 aromatic heterocycles. The number of hydrogen-bond donors (Lipinski definition) is 0. The number of fused-ring (bicyclic) bond motifs is 4. The van der Waals surface area contributed by atoms with Crippen molar-refractivity contribution in [3.8, 4) is 0 Å². The molecule has 33 heavy (non-hydrogen) atoms. The van der Waals surface area contributed by atoms with Crippen molar-refractivity contribution in [1.29, 1.82) is 0 Å². The minimum atomic E-state index is -0.571. The third kappa shape index (κ3) is 3.16. The Balaban J connectivity index is 1.93. The zero-order valence-electron chi connectivity index (χ0n) is 18.3. The normalized spacial score (nSPS) is 16.1. The van der Waals surface area contributed by atoms with E-state index in [1.54, 1.807) is 14.0 Å². The highest BCUT2D eigenvalue weighted by Crippen LogP contribution is 2.48. The lowest BCUT2D eigenvalue weighted by Gasteiger charge is -2.27. The van der Waals surface area contributed by atoms with E-state index in [0.29, 0.717) is 28.4 Å². The van der Waals surface area contributed by atoms with Crippen molar-refractivity contribution >= 4 is 39.2 Å². The van der Waals surface area contributed by atoms with Gasteiger partial charge < -0.3 is 4.74 Å². The third-order valence-corrected chi connectivity index (χ3v) is 6.63. The zero-order valence-corrected chi connectivity index (χ0v) is 19.8. The van der Waals surface area contributed by atoms with Crippen LogP contribution in [0.15, 0.2) is 73.2 Å². The van der Waals surface area contributed by atoms with Gasteiger partial charge in [-0.15, -0.1) is 0 Å². The molecule has 1 aliphatic heterocycles. The van der Waals surface area contributed by atoms with E-state index in [9.17, 15) is 14.4 Å². The van der Waals surface area contributed by atoms with Crippen molar-refractivity contribution in [2.45, 2.75) is 19.3 Å². The number of ether oxygens (including phenoxy) is 1. The molecule has 1 aliphatic carbocycles. The maximum Gasteiger partial charge on any atom is 0.332 e. The van der Waals surface area contributed by atoms with Gasteiger partial charge in [-0.05, 0) is 17.7 Å². The number of carbonyl (C=O) groups is 1. The summed E-state index contributed by atoms with van der Waals surface area (Å²) in [6.07, 6.45) is 0.210. The Kier molecular flexibility index (Phi) is 5.05. The topological polar surface area (TPSA) is 82.7 Å². The van der Waals surface area contributed by atoms with Crippen molar-refractivity contribution in [2.75, 3.05) is 0 Å². The number of carbonyl (C=O) groups excluding carboxylic acids is 1. The third-order valence-electron chi connectivity index (χ3n) is 6.10. The molecule has 7 nitrogen and oxygen atoms in total.